The van der Waals surface area contributed by atoms with Crippen molar-refractivity contribution < 1.29 is 4.42 Å². The first-order valence-electron chi connectivity index (χ1n) is 16.4. The molecule has 1 heterocycles. The van der Waals surface area contributed by atoms with Crippen molar-refractivity contribution in [3.05, 3.63) is 176 Å². The van der Waals surface area contributed by atoms with Gasteiger partial charge in [0.25, 0.3) is 0 Å². The molecule has 0 aliphatic rings. The topological polar surface area (TPSA) is 16.4 Å². The minimum Gasteiger partial charge on any atom is -0.456 e. The zero-order valence-corrected chi connectivity index (χ0v) is 26.1. The number of hydrogen-bond donors (Lipinski definition) is 0. The summed E-state index contributed by atoms with van der Waals surface area (Å²) >= 11 is 0. The van der Waals surface area contributed by atoms with Crippen LogP contribution in [0.3, 0.4) is 0 Å². The first-order valence-corrected chi connectivity index (χ1v) is 16.4. The smallest absolute Gasteiger partial charge is 0.137 e. The maximum Gasteiger partial charge on any atom is 0.137 e. The lowest BCUT2D eigenvalue weighted by atomic mass is 9.95. The van der Waals surface area contributed by atoms with Crippen LogP contribution in [-0.4, -0.2) is 0 Å². The third kappa shape index (κ3) is 4.13. The van der Waals surface area contributed by atoms with E-state index in [9.17, 15) is 0 Å². The third-order valence-electron chi connectivity index (χ3n) is 9.82. The van der Waals surface area contributed by atoms with Crippen molar-refractivity contribution in [3.8, 4) is 11.1 Å². The molecule has 1 aromatic heterocycles. The van der Waals surface area contributed by atoms with Crippen LogP contribution in [0.25, 0.3) is 76.2 Å². The van der Waals surface area contributed by atoms with Gasteiger partial charge in [0.1, 0.15) is 11.2 Å². The molecule has 224 valence electrons. The number of nitrogens with zero attached hydrogens (tertiary/aromatic N) is 1. The Hall–Kier alpha value is -6.38. The molecule has 10 rings (SSSR count). The van der Waals surface area contributed by atoms with Gasteiger partial charge in [0.15, 0.2) is 0 Å². The number of benzene rings is 9. The van der Waals surface area contributed by atoms with Crippen molar-refractivity contribution in [1.82, 2.24) is 0 Å². The first kappa shape index (κ1) is 26.8. The lowest BCUT2D eigenvalue weighted by Crippen LogP contribution is -2.10. The summed E-state index contributed by atoms with van der Waals surface area (Å²) in [6.07, 6.45) is 0. The fourth-order valence-electron chi connectivity index (χ4n) is 7.59. The predicted molar refractivity (Wildman–Crippen MR) is 204 cm³/mol. The van der Waals surface area contributed by atoms with Gasteiger partial charge in [0.05, 0.1) is 11.1 Å². The number of fused-ring (bicyclic) bond motifs is 9. The second-order valence-electron chi connectivity index (χ2n) is 12.5. The van der Waals surface area contributed by atoms with Gasteiger partial charge in [-0.05, 0) is 96.7 Å². The van der Waals surface area contributed by atoms with Gasteiger partial charge in [-0.25, -0.2) is 0 Å². The molecule has 0 saturated heterocycles. The van der Waals surface area contributed by atoms with Crippen molar-refractivity contribution in [2.24, 2.45) is 0 Å². The van der Waals surface area contributed by atoms with Crippen LogP contribution in [0.2, 0.25) is 0 Å². The lowest BCUT2D eigenvalue weighted by Gasteiger charge is -2.27. The maximum absolute atomic E-state index is 6.38. The van der Waals surface area contributed by atoms with Crippen molar-refractivity contribution in [1.29, 1.82) is 0 Å². The molecule has 0 amide bonds. The molecule has 0 unspecified atom stereocenters. The fourth-order valence-corrected chi connectivity index (χ4v) is 7.59. The van der Waals surface area contributed by atoms with Gasteiger partial charge >= 0.3 is 0 Å². The standard InChI is InChI=1S/C46H29NO/c1-3-12-37-30(9-1)11-7-15-38(37)32-23-26-35(27-24-32)47(42-16-8-18-44-46(42)40-14-5-6-17-43(40)48-44)36-28-25-33-20-22-34-21-19-31-10-2-4-13-39(31)45(34)41(33)29-36/h1-29H. The largest absolute Gasteiger partial charge is 0.456 e. The molecular weight excluding hydrogens is 583 g/mol. The molecule has 2 heteroatoms. The van der Waals surface area contributed by atoms with Crippen molar-refractivity contribution in [2.45, 2.75) is 0 Å². The highest BCUT2D eigenvalue weighted by molar-refractivity contribution is 6.21. The van der Waals surface area contributed by atoms with E-state index in [1.165, 1.54) is 54.2 Å². The van der Waals surface area contributed by atoms with Crippen LogP contribution >= 0.6 is 0 Å². The van der Waals surface area contributed by atoms with Crippen LogP contribution in [0.15, 0.2) is 180 Å². The van der Waals surface area contributed by atoms with Crippen LogP contribution in [0, 0.1) is 0 Å². The monoisotopic (exact) mass is 611 g/mol. The Kier molecular flexibility index (Phi) is 5.91. The Morgan fingerprint density at radius 3 is 1.77 bits per heavy atom. The maximum atomic E-state index is 6.38. The van der Waals surface area contributed by atoms with E-state index in [-0.39, 0.29) is 0 Å². The molecule has 0 aliphatic heterocycles. The van der Waals surface area contributed by atoms with E-state index in [1.54, 1.807) is 0 Å². The minimum atomic E-state index is 0.878. The molecule has 0 spiro atoms. The summed E-state index contributed by atoms with van der Waals surface area (Å²) in [6, 6.07) is 63.4. The summed E-state index contributed by atoms with van der Waals surface area (Å²) in [7, 11) is 0. The van der Waals surface area contributed by atoms with Gasteiger partial charge in [0, 0.05) is 16.8 Å². The van der Waals surface area contributed by atoms with Gasteiger partial charge in [-0.3, -0.25) is 0 Å². The lowest BCUT2D eigenvalue weighted by molar-refractivity contribution is 0.669. The van der Waals surface area contributed by atoms with E-state index in [4.69, 9.17) is 4.42 Å². The van der Waals surface area contributed by atoms with Crippen LogP contribution in [0.1, 0.15) is 0 Å². The van der Waals surface area contributed by atoms with Gasteiger partial charge in [-0.1, -0.05) is 133 Å². The van der Waals surface area contributed by atoms with Crippen LogP contribution in [0.5, 0.6) is 0 Å². The Morgan fingerprint density at radius 1 is 0.354 bits per heavy atom. The highest BCUT2D eigenvalue weighted by atomic mass is 16.3. The molecule has 0 bridgehead atoms. The second-order valence-corrected chi connectivity index (χ2v) is 12.5. The quantitative estimate of drug-likeness (QED) is 0.184. The molecular formula is C46H29NO. The Bertz CT molecular complexity index is 2830. The third-order valence-corrected chi connectivity index (χ3v) is 9.82. The van der Waals surface area contributed by atoms with Gasteiger partial charge < -0.3 is 9.32 Å². The summed E-state index contributed by atoms with van der Waals surface area (Å²) in [6.45, 7) is 0. The van der Waals surface area contributed by atoms with Gasteiger partial charge in [-0.2, -0.15) is 0 Å². The van der Waals surface area contributed by atoms with E-state index in [2.05, 4.69) is 175 Å². The Labute approximate surface area is 277 Å². The van der Waals surface area contributed by atoms with E-state index < -0.39 is 0 Å². The summed E-state index contributed by atoms with van der Waals surface area (Å²) in [5.41, 5.74) is 7.46. The second kappa shape index (κ2) is 10.6. The van der Waals surface area contributed by atoms with E-state index in [0.29, 0.717) is 0 Å². The number of rotatable bonds is 4. The van der Waals surface area contributed by atoms with E-state index >= 15 is 0 Å². The summed E-state index contributed by atoms with van der Waals surface area (Å²) < 4.78 is 6.38. The van der Waals surface area contributed by atoms with E-state index in [1.807, 2.05) is 6.07 Å². The first-order chi connectivity index (χ1) is 23.8. The highest BCUT2D eigenvalue weighted by Gasteiger charge is 2.20. The average molecular weight is 612 g/mol. The molecule has 0 aliphatic carbocycles. The molecule has 48 heavy (non-hydrogen) atoms. The molecule has 0 fully saturated rings. The Morgan fingerprint density at radius 2 is 0.938 bits per heavy atom. The molecule has 0 atom stereocenters. The Balaban J connectivity index is 1.23. The van der Waals surface area contributed by atoms with Crippen LogP contribution in [-0.2, 0) is 0 Å². The highest BCUT2D eigenvalue weighted by Crippen LogP contribution is 2.45. The van der Waals surface area contributed by atoms with Crippen molar-refractivity contribution in [3.63, 3.8) is 0 Å². The average Bonchev–Trinajstić information content (AvgIpc) is 3.54. The number of anilines is 3. The van der Waals surface area contributed by atoms with Crippen molar-refractivity contribution >= 4 is 82.1 Å². The number of furan rings is 1. The minimum absolute atomic E-state index is 0.878. The van der Waals surface area contributed by atoms with Gasteiger partial charge in [0.2, 0.25) is 0 Å². The van der Waals surface area contributed by atoms with Crippen LogP contribution < -0.4 is 4.90 Å². The molecule has 0 N–H and O–H groups in total. The van der Waals surface area contributed by atoms with E-state index in [0.717, 1.165) is 39.0 Å². The molecule has 10 aromatic rings. The SMILES string of the molecule is c1ccc2c(-c3ccc(N(c4ccc5ccc6ccc7ccccc7c6c5c4)c4cccc5oc6ccccc6c45)cc3)cccc2c1. The number of hydrogen-bond acceptors (Lipinski definition) is 2. The molecule has 0 saturated carbocycles. The zero-order chi connectivity index (χ0) is 31.6. The normalized spacial score (nSPS) is 11.8. The van der Waals surface area contributed by atoms with Crippen molar-refractivity contribution in [2.75, 3.05) is 4.90 Å². The van der Waals surface area contributed by atoms with Gasteiger partial charge in [-0.15, -0.1) is 0 Å². The molecule has 2 nitrogen and oxygen atoms in total. The van der Waals surface area contributed by atoms with Crippen LogP contribution in [0.4, 0.5) is 17.1 Å². The summed E-state index contributed by atoms with van der Waals surface area (Å²) in [4.78, 5) is 2.39. The molecule has 0 radical (unpaired) electrons. The number of para-hydroxylation sites is 1. The summed E-state index contributed by atoms with van der Waals surface area (Å²) in [5.74, 6) is 0. The molecule has 9 aromatic carbocycles. The fraction of sp³-hybridized carbons (Fsp3) is 0. The zero-order valence-electron chi connectivity index (χ0n) is 26.1. The summed E-state index contributed by atoms with van der Waals surface area (Å²) in [5, 5.41) is 12.2. The predicted octanol–water partition coefficient (Wildman–Crippen LogP) is 13.3.